The first-order valence-corrected chi connectivity index (χ1v) is 7.39. The van der Waals surface area contributed by atoms with Crippen molar-refractivity contribution in [3.05, 3.63) is 71.3 Å². The van der Waals surface area contributed by atoms with Crippen molar-refractivity contribution < 1.29 is 9.90 Å². The molecular formula is C18H17NO2. The van der Waals surface area contributed by atoms with Gasteiger partial charge in [-0.3, -0.25) is 4.79 Å². The third-order valence-corrected chi connectivity index (χ3v) is 4.79. The fourth-order valence-electron chi connectivity index (χ4n) is 3.86. The predicted molar refractivity (Wildman–Crippen MR) is 79.7 cm³/mol. The van der Waals surface area contributed by atoms with E-state index in [-0.39, 0.29) is 5.91 Å². The predicted octanol–water partition coefficient (Wildman–Crippen LogP) is 2.08. The first-order chi connectivity index (χ1) is 10.3. The lowest BCUT2D eigenvalue weighted by Gasteiger charge is -2.55. The number of nitrogens with zero attached hydrogens (tertiary/aromatic N) is 1. The number of hydrogen-bond donors (Lipinski definition) is 1. The van der Waals surface area contributed by atoms with Crippen LogP contribution in [0.15, 0.2) is 54.6 Å². The van der Waals surface area contributed by atoms with E-state index in [9.17, 15) is 9.90 Å². The molecule has 1 saturated heterocycles. The Morgan fingerprint density at radius 1 is 1.05 bits per heavy atom. The minimum Gasteiger partial charge on any atom is -0.380 e. The van der Waals surface area contributed by atoms with E-state index in [0.29, 0.717) is 6.54 Å². The van der Waals surface area contributed by atoms with E-state index < -0.39 is 11.6 Å². The smallest absolute Gasteiger partial charge is 0.255 e. The minimum absolute atomic E-state index is 0.157. The molecule has 0 radical (unpaired) electrons. The van der Waals surface area contributed by atoms with Gasteiger partial charge in [-0.25, -0.2) is 0 Å². The number of amides is 1. The molecule has 4 rings (SSSR count). The lowest BCUT2D eigenvalue weighted by atomic mass is 9.69. The average molecular weight is 279 g/mol. The van der Waals surface area contributed by atoms with Crippen molar-refractivity contribution in [2.24, 2.45) is 0 Å². The number of aliphatic hydroxyl groups excluding tert-OH is 1. The second-order valence-electron chi connectivity index (χ2n) is 5.79. The Morgan fingerprint density at radius 3 is 2.57 bits per heavy atom. The van der Waals surface area contributed by atoms with Crippen LogP contribution >= 0.6 is 0 Å². The highest BCUT2D eigenvalue weighted by Gasteiger charge is 2.62. The van der Waals surface area contributed by atoms with Gasteiger partial charge < -0.3 is 10.0 Å². The van der Waals surface area contributed by atoms with Crippen LogP contribution in [0.25, 0.3) is 0 Å². The highest BCUT2D eigenvalue weighted by molar-refractivity contribution is 5.93. The number of β-lactam (4-membered cyclic amide) rings is 1. The van der Waals surface area contributed by atoms with Gasteiger partial charge in [0.25, 0.3) is 5.91 Å². The molecule has 2 atom stereocenters. The highest BCUT2D eigenvalue weighted by atomic mass is 16.3. The van der Waals surface area contributed by atoms with Crippen LogP contribution in [0, 0.1) is 0 Å². The van der Waals surface area contributed by atoms with Crippen molar-refractivity contribution in [2.45, 2.75) is 24.5 Å². The Bertz CT molecular complexity index is 697. The van der Waals surface area contributed by atoms with E-state index in [1.807, 2.05) is 47.4 Å². The van der Waals surface area contributed by atoms with Crippen LogP contribution in [0.2, 0.25) is 0 Å². The van der Waals surface area contributed by atoms with Crippen molar-refractivity contribution in [3.8, 4) is 0 Å². The van der Waals surface area contributed by atoms with Crippen LogP contribution in [0.5, 0.6) is 0 Å². The van der Waals surface area contributed by atoms with Crippen LogP contribution in [0.1, 0.15) is 23.1 Å². The van der Waals surface area contributed by atoms with Crippen molar-refractivity contribution in [1.82, 2.24) is 4.90 Å². The fourth-order valence-corrected chi connectivity index (χ4v) is 3.86. The summed E-state index contributed by atoms with van der Waals surface area (Å²) in [5.41, 5.74) is 2.59. The average Bonchev–Trinajstić information content (AvgIpc) is 2.70. The molecule has 0 saturated carbocycles. The second-order valence-corrected chi connectivity index (χ2v) is 5.79. The molecule has 0 aliphatic carbocycles. The number of aryl methyl sites for hydroxylation is 1. The van der Waals surface area contributed by atoms with Crippen molar-refractivity contribution in [1.29, 1.82) is 0 Å². The number of benzene rings is 2. The first-order valence-electron chi connectivity index (χ1n) is 7.39. The van der Waals surface area contributed by atoms with E-state index in [2.05, 4.69) is 12.1 Å². The highest BCUT2D eigenvalue weighted by Crippen LogP contribution is 2.49. The molecule has 0 unspecified atom stereocenters. The number of rotatable bonds is 1. The van der Waals surface area contributed by atoms with Gasteiger partial charge in [0, 0.05) is 6.54 Å². The van der Waals surface area contributed by atoms with Gasteiger partial charge in [0.1, 0.15) is 5.54 Å². The normalized spacial score (nSPS) is 27.4. The second kappa shape index (κ2) is 4.43. The standard InChI is InChI=1S/C18H17NO2/c20-16-17(21)19-12-6-8-13-7-4-5-11-15(13)18(16,19)14-9-2-1-3-10-14/h1-5,7,9-11,16,20H,6,8,12H2/t16-,18+/m1/s1. The summed E-state index contributed by atoms with van der Waals surface area (Å²) in [5.74, 6) is -0.157. The maximum Gasteiger partial charge on any atom is 0.255 e. The zero-order chi connectivity index (χ0) is 14.4. The van der Waals surface area contributed by atoms with E-state index >= 15 is 0 Å². The number of hydrogen-bond acceptors (Lipinski definition) is 2. The van der Waals surface area contributed by atoms with Crippen LogP contribution in [0.4, 0.5) is 0 Å². The third-order valence-electron chi connectivity index (χ3n) is 4.79. The summed E-state index contributed by atoms with van der Waals surface area (Å²) in [5, 5.41) is 10.6. The van der Waals surface area contributed by atoms with E-state index in [1.165, 1.54) is 5.56 Å². The molecule has 2 aliphatic heterocycles. The quantitative estimate of drug-likeness (QED) is 0.812. The number of fused-ring (bicyclic) bond motifs is 3. The molecule has 2 aromatic carbocycles. The Labute approximate surface area is 123 Å². The molecule has 1 N–H and O–H groups in total. The fraction of sp³-hybridized carbons (Fsp3) is 0.278. The van der Waals surface area contributed by atoms with Gasteiger partial charge in [-0.05, 0) is 29.5 Å². The Hall–Kier alpha value is -2.13. The van der Waals surface area contributed by atoms with Crippen molar-refractivity contribution >= 4 is 5.91 Å². The maximum atomic E-state index is 12.2. The topological polar surface area (TPSA) is 40.5 Å². The minimum atomic E-state index is -0.987. The van der Waals surface area contributed by atoms with E-state index in [4.69, 9.17) is 0 Å². The summed E-state index contributed by atoms with van der Waals surface area (Å²) >= 11 is 0. The van der Waals surface area contributed by atoms with Gasteiger partial charge in [0.2, 0.25) is 0 Å². The van der Waals surface area contributed by atoms with Crippen LogP contribution in [-0.2, 0) is 16.8 Å². The lowest BCUT2D eigenvalue weighted by Crippen LogP contribution is -2.72. The van der Waals surface area contributed by atoms with Crippen LogP contribution < -0.4 is 0 Å². The summed E-state index contributed by atoms with van der Waals surface area (Å²) < 4.78 is 0. The molecular weight excluding hydrogens is 262 g/mol. The van der Waals surface area contributed by atoms with Gasteiger partial charge in [0.05, 0.1) is 0 Å². The van der Waals surface area contributed by atoms with Crippen LogP contribution in [-0.4, -0.2) is 28.6 Å². The zero-order valence-corrected chi connectivity index (χ0v) is 11.7. The molecule has 0 aromatic heterocycles. The molecule has 2 aromatic rings. The monoisotopic (exact) mass is 279 g/mol. The molecule has 3 heteroatoms. The van der Waals surface area contributed by atoms with E-state index in [1.54, 1.807) is 0 Å². The molecule has 1 amide bonds. The van der Waals surface area contributed by atoms with Gasteiger partial charge >= 0.3 is 0 Å². The molecule has 106 valence electrons. The Balaban J connectivity index is 2.01. The maximum absolute atomic E-state index is 12.2. The lowest BCUT2D eigenvalue weighted by molar-refractivity contribution is -0.180. The van der Waals surface area contributed by atoms with Gasteiger partial charge in [0.15, 0.2) is 6.10 Å². The summed E-state index contributed by atoms with van der Waals surface area (Å²) in [7, 11) is 0. The molecule has 0 spiro atoms. The number of carbonyl (C=O) groups excluding carboxylic acids is 1. The Morgan fingerprint density at radius 2 is 1.76 bits per heavy atom. The summed E-state index contributed by atoms with van der Waals surface area (Å²) in [4.78, 5) is 14.1. The zero-order valence-electron chi connectivity index (χ0n) is 11.7. The summed E-state index contributed by atoms with van der Waals surface area (Å²) in [6.07, 6.45) is 0.893. The summed E-state index contributed by atoms with van der Waals surface area (Å²) in [6, 6.07) is 18.1. The van der Waals surface area contributed by atoms with Gasteiger partial charge in [-0.15, -0.1) is 0 Å². The number of aliphatic hydroxyl groups is 1. The van der Waals surface area contributed by atoms with Crippen LogP contribution in [0.3, 0.4) is 0 Å². The Kier molecular flexibility index (Phi) is 2.66. The van der Waals surface area contributed by atoms with Crippen molar-refractivity contribution in [3.63, 3.8) is 0 Å². The SMILES string of the molecule is O=C1[C@@H](O)[C@]2(c3ccccc3)c3ccccc3CCCN12. The molecule has 3 nitrogen and oxygen atoms in total. The largest absolute Gasteiger partial charge is 0.380 e. The molecule has 2 aliphatic rings. The third kappa shape index (κ3) is 1.49. The first kappa shape index (κ1) is 12.6. The molecule has 21 heavy (non-hydrogen) atoms. The molecule has 2 heterocycles. The van der Waals surface area contributed by atoms with Gasteiger partial charge in [-0.1, -0.05) is 54.6 Å². The summed E-state index contributed by atoms with van der Waals surface area (Å²) in [6.45, 7) is 0.694. The molecule has 0 bridgehead atoms. The van der Waals surface area contributed by atoms with Crippen molar-refractivity contribution in [2.75, 3.05) is 6.54 Å². The number of carbonyl (C=O) groups is 1. The van der Waals surface area contributed by atoms with Gasteiger partial charge in [-0.2, -0.15) is 0 Å². The van der Waals surface area contributed by atoms with E-state index in [0.717, 1.165) is 24.0 Å². The molecule has 1 fully saturated rings.